The Balaban J connectivity index is 2.84. The van der Waals surface area contributed by atoms with Crippen molar-refractivity contribution < 1.29 is 4.79 Å². The Morgan fingerprint density at radius 1 is 1.35 bits per heavy atom. The maximum absolute atomic E-state index is 10.5. The molecule has 1 rings (SSSR count). The Morgan fingerprint density at radius 2 is 2.00 bits per heavy atom. The van der Waals surface area contributed by atoms with Crippen LogP contribution in [0.5, 0.6) is 0 Å². The second-order valence-electron chi connectivity index (χ2n) is 4.50. The molecule has 0 heterocycles. The van der Waals surface area contributed by atoms with Crippen molar-refractivity contribution in [3.63, 3.8) is 0 Å². The van der Waals surface area contributed by atoms with Gasteiger partial charge >= 0.3 is 0 Å². The van der Waals surface area contributed by atoms with E-state index in [9.17, 15) is 4.79 Å². The van der Waals surface area contributed by atoms with E-state index in [-0.39, 0.29) is 12.0 Å². The third-order valence-electron chi connectivity index (χ3n) is 2.89. The third kappa shape index (κ3) is 4.38. The molecule has 0 radical (unpaired) electrons. The van der Waals surface area contributed by atoms with Crippen LogP contribution in [0.4, 0.5) is 0 Å². The lowest BCUT2D eigenvalue weighted by Gasteiger charge is -2.18. The van der Waals surface area contributed by atoms with E-state index < -0.39 is 0 Å². The molecule has 0 N–H and O–H groups in total. The fourth-order valence-corrected chi connectivity index (χ4v) is 1.77. The van der Waals surface area contributed by atoms with Crippen molar-refractivity contribution in [2.24, 2.45) is 4.99 Å². The van der Waals surface area contributed by atoms with Crippen LogP contribution in [0.3, 0.4) is 0 Å². The van der Waals surface area contributed by atoms with Gasteiger partial charge in [0.15, 0.2) is 0 Å². The van der Waals surface area contributed by atoms with Gasteiger partial charge in [0.2, 0.25) is 6.08 Å². The minimum absolute atomic E-state index is 0.0233. The molecule has 0 unspecified atom stereocenters. The smallest absolute Gasteiger partial charge is 0.211 e. The lowest BCUT2D eigenvalue weighted by atomic mass is 9.91. The average Bonchev–Trinajstić information content (AvgIpc) is 2.34. The number of rotatable bonds is 5. The zero-order valence-electron chi connectivity index (χ0n) is 10.7. The number of benzene rings is 1. The topological polar surface area (TPSA) is 29.4 Å². The highest BCUT2D eigenvalue weighted by Crippen LogP contribution is 2.23. The molecule has 0 amide bonds. The minimum atomic E-state index is -0.0233. The molecule has 0 aliphatic heterocycles. The van der Waals surface area contributed by atoms with Crippen LogP contribution in [-0.4, -0.2) is 12.1 Å². The zero-order chi connectivity index (χ0) is 12.7. The predicted molar refractivity (Wildman–Crippen MR) is 70.8 cm³/mol. The number of carbonyl (C=O) groups excluding carboxylic acids is 1. The largest absolute Gasteiger partial charge is 0.235 e. The van der Waals surface area contributed by atoms with Crippen LogP contribution in [0.15, 0.2) is 47.0 Å². The first kappa shape index (κ1) is 13.4. The molecular formula is C15H19NO. The van der Waals surface area contributed by atoms with Crippen molar-refractivity contribution in [2.75, 3.05) is 0 Å². The summed E-state index contributed by atoms with van der Waals surface area (Å²) in [5.41, 5.74) is 2.45. The number of nitrogens with zero attached hydrogens (tertiary/aromatic N) is 1. The Kier molecular flexibility index (Phi) is 5.38. The van der Waals surface area contributed by atoms with Crippen LogP contribution in [-0.2, 0) is 4.79 Å². The second-order valence-corrected chi connectivity index (χ2v) is 4.50. The van der Waals surface area contributed by atoms with Gasteiger partial charge in [-0.15, -0.1) is 0 Å². The van der Waals surface area contributed by atoms with Gasteiger partial charge < -0.3 is 0 Å². The summed E-state index contributed by atoms with van der Waals surface area (Å²) in [6.07, 6.45) is 4.59. The van der Waals surface area contributed by atoms with Gasteiger partial charge in [-0.3, -0.25) is 0 Å². The van der Waals surface area contributed by atoms with Crippen LogP contribution >= 0.6 is 0 Å². The first-order valence-corrected chi connectivity index (χ1v) is 5.90. The summed E-state index contributed by atoms with van der Waals surface area (Å²) < 4.78 is 0. The molecule has 1 aromatic carbocycles. The molecule has 17 heavy (non-hydrogen) atoms. The number of hydrogen-bond donors (Lipinski definition) is 0. The van der Waals surface area contributed by atoms with Gasteiger partial charge in [-0.1, -0.05) is 48.9 Å². The Bertz CT molecular complexity index is 412. The quantitative estimate of drug-likeness (QED) is 0.428. The summed E-state index contributed by atoms with van der Waals surface area (Å²) in [4.78, 5) is 14.4. The third-order valence-corrected chi connectivity index (χ3v) is 2.89. The van der Waals surface area contributed by atoms with Crippen LogP contribution < -0.4 is 0 Å². The van der Waals surface area contributed by atoms with Crippen molar-refractivity contribution >= 4 is 6.08 Å². The summed E-state index contributed by atoms with van der Waals surface area (Å²) in [5.74, 6) is 0.230. The Morgan fingerprint density at radius 3 is 2.53 bits per heavy atom. The molecule has 0 saturated carbocycles. The van der Waals surface area contributed by atoms with E-state index in [0.717, 1.165) is 6.42 Å². The molecule has 2 heteroatoms. The molecule has 0 aromatic heterocycles. The maximum Gasteiger partial charge on any atom is 0.235 e. The number of allylic oxidation sites excluding steroid dienone is 1. The van der Waals surface area contributed by atoms with Crippen molar-refractivity contribution in [3.05, 3.63) is 47.5 Å². The lowest BCUT2D eigenvalue weighted by molar-refractivity contribution is 0.536. The predicted octanol–water partition coefficient (Wildman–Crippen LogP) is 3.85. The highest BCUT2D eigenvalue weighted by Gasteiger charge is 2.16. The van der Waals surface area contributed by atoms with E-state index in [2.05, 4.69) is 44.0 Å². The molecule has 2 nitrogen and oxygen atoms in total. The normalized spacial score (nSPS) is 13.4. The van der Waals surface area contributed by atoms with Gasteiger partial charge in [-0.05, 0) is 25.8 Å². The molecule has 0 saturated heterocycles. The first-order valence-electron chi connectivity index (χ1n) is 5.90. The van der Waals surface area contributed by atoms with Crippen LogP contribution in [0.1, 0.15) is 38.7 Å². The SMILES string of the molecule is CC(C)=CC[C@H](N=C=O)[C@@H](C)c1ccccc1. The number of hydrogen-bond acceptors (Lipinski definition) is 2. The number of aliphatic imine (C=N–C) groups is 1. The molecule has 0 fully saturated rings. The average molecular weight is 229 g/mol. The van der Waals surface area contributed by atoms with Gasteiger partial charge in [0, 0.05) is 5.92 Å². The van der Waals surface area contributed by atoms with E-state index in [1.807, 2.05) is 18.2 Å². The standard InChI is InChI=1S/C15H19NO/c1-12(2)9-10-15(16-11-17)13(3)14-7-5-4-6-8-14/h4-9,13,15H,10H2,1-3H3/t13-,15-/m0/s1. The van der Waals surface area contributed by atoms with Crippen molar-refractivity contribution in [1.82, 2.24) is 0 Å². The van der Waals surface area contributed by atoms with Gasteiger partial charge in [0.25, 0.3) is 0 Å². The molecule has 0 aliphatic rings. The van der Waals surface area contributed by atoms with Crippen LogP contribution in [0.2, 0.25) is 0 Å². The monoisotopic (exact) mass is 229 g/mol. The summed E-state index contributed by atoms with van der Waals surface area (Å²) in [5, 5.41) is 0. The van der Waals surface area contributed by atoms with E-state index in [1.165, 1.54) is 11.1 Å². The minimum Gasteiger partial charge on any atom is -0.211 e. The van der Waals surface area contributed by atoms with E-state index in [1.54, 1.807) is 6.08 Å². The van der Waals surface area contributed by atoms with E-state index in [4.69, 9.17) is 0 Å². The Labute approximate surface area is 103 Å². The summed E-state index contributed by atoms with van der Waals surface area (Å²) in [6, 6.07) is 10.1. The molecule has 0 aliphatic carbocycles. The fourth-order valence-electron chi connectivity index (χ4n) is 1.77. The fraction of sp³-hybridized carbons (Fsp3) is 0.400. The molecule has 0 bridgehead atoms. The van der Waals surface area contributed by atoms with Crippen LogP contribution in [0.25, 0.3) is 0 Å². The summed E-state index contributed by atoms with van der Waals surface area (Å²) in [7, 11) is 0. The summed E-state index contributed by atoms with van der Waals surface area (Å²) >= 11 is 0. The molecule has 90 valence electrons. The highest BCUT2D eigenvalue weighted by atomic mass is 16.1. The van der Waals surface area contributed by atoms with Crippen molar-refractivity contribution in [2.45, 2.75) is 39.2 Å². The zero-order valence-corrected chi connectivity index (χ0v) is 10.7. The highest BCUT2D eigenvalue weighted by molar-refractivity contribution is 5.35. The second kappa shape index (κ2) is 6.82. The molecular weight excluding hydrogens is 210 g/mol. The first-order chi connectivity index (χ1) is 8.15. The van der Waals surface area contributed by atoms with Crippen molar-refractivity contribution in [1.29, 1.82) is 0 Å². The lowest BCUT2D eigenvalue weighted by Crippen LogP contribution is -2.13. The Hall–Kier alpha value is -1.66. The number of isocyanates is 1. The van der Waals surface area contributed by atoms with E-state index >= 15 is 0 Å². The molecule has 2 atom stereocenters. The summed E-state index contributed by atoms with van der Waals surface area (Å²) in [6.45, 7) is 6.20. The molecule has 1 aromatic rings. The van der Waals surface area contributed by atoms with Crippen molar-refractivity contribution in [3.8, 4) is 0 Å². The maximum atomic E-state index is 10.5. The van der Waals surface area contributed by atoms with Gasteiger partial charge in [0.05, 0.1) is 6.04 Å². The van der Waals surface area contributed by atoms with Crippen LogP contribution in [0, 0.1) is 0 Å². The van der Waals surface area contributed by atoms with Gasteiger partial charge in [0.1, 0.15) is 0 Å². The molecule has 0 spiro atoms. The van der Waals surface area contributed by atoms with Gasteiger partial charge in [-0.25, -0.2) is 9.79 Å². The van der Waals surface area contributed by atoms with E-state index in [0.29, 0.717) is 0 Å². The van der Waals surface area contributed by atoms with Gasteiger partial charge in [-0.2, -0.15) is 0 Å².